The van der Waals surface area contributed by atoms with E-state index in [1.165, 1.54) is 5.06 Å². The second-order valence-electron chi connectivity index (χ2n) is 4.81. The molecule has 3 rings (SSSR count). The smallest absolute Gasteiger partial charge is 0.345 e. The highest BCUT2D eigenvalue weighted by Crippen LogP contribution is 2.26. The molecule has 0 aliphatic carbocycles. The molecule has 0 radical (unpaired) electrons. The third kappa shape index (κ3) is 2.29. The molecule has 3 heterocycles. The van der Waals surface area contributed by atoms with Crippen molar-refractivity contribution in [3.63, 3.8) is 0 Å². The maximum atomic E-state index is 12.1. The second kappa shape index (κ2) is 5.06. The van der Waals surface area contributed by atoms with E-state index in [0.717, 1.165) is 5.70 Å². The molecule has 1 aromatic rings. The maximum absolute atomic E-state index is 12.1. The molecule has 1 unspecified atom stereocenters. The molecule has 2 aliphatic heterocycles. The van der Waals surface area contributed by atoms with Crippen molar-refractivity contribution in [3.8, 4) is 0 Å². The molecule has 1 fully saturated rings. The first-order valence-corrected chi connectivity index (χ1v) is 6.48. The van der Waals surface area contributed by atoms with E-state index in [9.17, 15) is 9.59 Å². The Labute approximate surface area is 121 Å². The van der Waals surface area contributed by atoms with Crippen LogP contribution in [0.25, 0.3) is 5.70 Å². The Balaban J connectivity index is 1.84. The van der Waals surface area contributed by atoms with Crippen molar-refractivity contribution < 1.29 is 14.4 Å². The molecular formula is C13H15N5O3. The molecule has 1 aromatic heterocycles. The minimum Gasteiger partial charge on any atom is -0.364 e. The average Bonchev–Trinajstić information content (AvgIpc) is 3.03. The van der Waals surface area contributed by atoms with Crippen molar-refractivity contribution in [1.82, 2.24) is 19.7 Å². The lowest BCUT2D eigenvalue weighted by atomic mass is 10.2. The van der Waals surface area contributed by atoms with Crippen LogP contribution in [0, 0.1) is 0 Å². The predicted molar refractivity (Wildman–Crippen MR) is 73.8 cm³/mol. The summed E-state index contributed by atoms with van der Waals surface area (Å²) in [5.41, 5.74) is 6.18. The van der Waals surface area contributed by atoms with Gasteiger partial charge < -0.3 is 10.6 Å². The average molecular weight is 289 g/mol. The van der Waals surface area contributed by atoms with Gasteiger partial charge >= 0.3 is 6.03 Å². The van der Waals surface area contributed by atoms with E-state index in [1.54, 1.807) is 27.9 Å². The maximum Gasteiger partial charge on any atom is 0.345 e. The Bertz CT molecular complexity index is 636. The molecule has 3 amide bonds. The fraction of sp³-hybridized carbons (Fsp3) is 0.308. The molecule has 2 aliphatic rings. The van der Waals surface area contributed by atoms with Gasteiger partial charge in [-0.1, -0.05) is 6.08 Å². The normalized spacial score (nSPS) is 20.7. The van der Waals surface area contributed by atoms with Crippen molar-refractivity contribution in [2.24, 2.45) is 5.73 Å². The van der Waals surface area contributed by atoms with E-state index < -0.39 is 5.91 Å². The summed E-state index contributed by atoms with van der Waals surface area (Å²) in [7, 11) is 0. The van der Waals surface area contributed by atoms with Crippen LogP contribution in [0.4, 0.5) is 4.79 Å². The van der Waals surface area contributed by atoms with Crippen LogP contribution in [-0.2, 0) is 4.84 Å². The molecule has 1 atom stereocenters. The molecule has 2 bridgehead atoms. The summed E-state index contributed by atoms with van der Waals surface area (Å²) in [6.07, 6.45) is 5.14. The zero-order valence-corrected chi connectivity index (χ0v) is 11.3. The topological polar surface area (TPSA) is 93.7 Å². The Morgan fingerprint density at radius 2 is 2.43 bits per heavy atom. The van der Waals surface area contributed by atoms with E-state index in [4.69, 9.17) is 10.6 Å². The van der Waals surface area contributed by atoms with Gasteiger partial charge in [-0.25, -0.2) is 9.48 Å². The number of nitrogens with two attached hydrogens (primary N) is 1. The number of aromatic nitrogens is 2. The van der Waals surface area contributed by atoms with Gasteiger partial charge in [-0.3, -0.25) is 9.63 Å². The second-order valence-corrected chi connectivity index (χ2v) is 4.81. The SMILES string of the molecule is C=CCON1C(=O)N2CC(n3ccc(C(N)=O)n3)=CC1C2. The van der Waals surface area contributed by atoms with Crippen molar-refractivity contribution in [2.45, 2.75) is 6.04 Å². The lowest BCUT2D eigenvalue weighted by Gasteiger charge is -2.21. The minimum atomic E-state index is -0.583. The highest BCUT2D eigenvalue weighted by Gasteiger charge is 2.41. The molecule has 1 saturated heterocycles. The number of hydroxylamine groups is 2. The van der Waals surface area contributed by atoms with Gasteiger partial charge in [0.15, 0.2) is 0 Å². The standard InChI is InChI=1S/C13H15N5O3/c1-2-5-21-18-10-6-9(7-16(8-10)13(18)20)17-4-3-11(15-17)12(14)19/h2-4,6,10H,1,5,7-8H2,(H2,14,19). The van der Waals surface area contributed by atoms with Crippen LogP contribution in [0.2, 0.25) is 0 Å². The number of fused-ring (bicyclic) bond motifs is 2. The number of hydrogen-bond acceptors (Lipinski definition) is 4. The van der Waals surface area contributed by atoms with Gasteiger partial charge in [0.25, 0.3) is 5.91 Å². The Morgan fingerprint density at radius 1 is 1.62 bits per heavy atom. The molecule has 0 saturated carbocycles. The van der Waals surface area contributed by atoms with Crippen LogP contribution >= 0.6 is 0 Å². The first-order chi connectivity index (χ1) is 10.1. The van der Waals surface area contributed by atoms with Crippen LogP contribution in [0.15, 0.2) is 31.0 Å². The third-order valence-corrected chi connectivity index (χ3v) is 3.37. The van der Waals surface area contributed by atoms with Gasteiger partial charge in [-0.15, -0.1) is 6.58 Å². The zero-order chi connectivity index (χ0) is 15.0. The molecule has 110 valence electrons. The molecule has 8 heteroatoms. The number of nitrogens with zero attached hydrogens (tertiary/aromatic N) is 4. The molecule has 8 nitrogen and oxygen atoms in total. The summed E-state index contributed by atoms with van der Waals surface area (Å²) in [6, 6.07) is 1.18. The first kappa shape index (κ1) is 13.4. The van der Waals surface area contributed by atoms with Gasteiger partial charge in [0, 0.05) is 12.7 Å². The Morgan fingerprint density at radius 3 is 3.10 bits per heavy atom. The van der Waals surface area contributed by atoms with Gasteiger partial charge in [0.1, 0.15) is 5.69 Å². The number of carbonyl (C=O) groups excluding carboxylic acids is 2. The predicted octanol–water partition coefficient (Wildman–Crippen LogP) is 0.0603. The summed E-state index contributed by atoms with van der Waals surface area (Å²) >= 11 is 0. The largest absolute Gasteiger partial charge is 0.364 e. The van der Waals surface area contributed by atoms with Crippen LogP contribution in [-0.4, -0.2) is 57.4 Å². The summed E-state index contributed by atoms with van der Waals surface area (Å²) < 4.78 is 1.56. The molecule has 21 heavy (non-hydrogen) atoms. The number of rotatable bonds is 5. The van der Waals surface area contributed by atoms with Crippen molar-refractivity contribution in [3.05, 3.63) is 36.7 Å². The third-order valence-electron chi connectivity index (χ3n) is 3.37. The van der Waals surface area contributed by atoms with Crippen LogP contribution in [0.5, 0.6) is 0 Å². The monoisotopic (exact) mass is 289 g/mol. The van der Waals surface area contributed by atoms with Gasteiger partial charge in [0.05, 0.1) is 24.9 Å². The highest BCUT2D eigenvalue weighted by molar-refractivity contribution is 5.90. The summed E-state index contributed by atoms with van der Waals surface area (Å²) in [6.45, 7) is 4.81. The Kier molecular flexibility index (Phi) is 3.22. The molecule has 0 aromatic carbocycles. The lowest BCUT2D eigenvalue weighted by Crippen LogP contribution is -2.33. The van der Waals surface area contributed by atoms with Crippen molar-refractivity contribution in [1.29, 1.82) is 0 Å². The molecular weight excluding hydrogens is 274 g/mol. The fourth-order valence-electron chi connectivity index (χ4n) is 2.43. The number of primary amides is 1. The number of hydrogen-bond donors (Lipinski definition) is 1. The number of carbonyl (C=O) groups is 2. The summed E-state index contributed by atoms with van der Waals surface area (Å²) in [5, 5.41) is 5.44. The van der Waals surface area contributed by atoms with E-state index in [-0.39, 0.29) is 24.4 Å². The van der Waals surface area contributed by atoms with Crippen LogP contribution in [0.1, 0.15) is 10.5 Å². The van der Waals surface area contributed by atoms with Gasteiger partial charge in [0.2, 0.25) is 0 Å². The molecule has 0 spiro atoms. The van der Waals surface area contributed by atoms with Crippen molar-refractivity contribution in [2.75, 3.05) is 19.7 Å². The summed E-state index contributed by atoms with van der Waals surface area (Å²) in [4.78, 5) is 30.3. The van der Waals surface area contributed by atoms with E-state index in [2.05, 4.69) is 11.7 Å². The van der Waals surface area contributed by atoms with Crippen LogP contribution in [0.3, 0.4) is 0 Å². The molecule has 2 N–H and O–H groups in total. The number of amides is 3. The van der Waals surface area contributed by atoms with Crippen LogP contribution < -0.4 is 5.73 Å². The van der Waals surface area contributed by atoms with Gasteiger partial charge in [-0.2, -0.15) is 10.2 Å². The number of urea groups is 1. The van der Waals surface area contributed by atoms with E-state index >= 15 is 0 Å². The minimum absolute atomic E-state index is 0.178. The fourth-order valence-corrected chi connectivity index (χ4v) is 2.43. The highest BCUT2D eigenvalue weighted by atomic mass is 16.7. The zero-order valence-electron chi connectivity index (χ0n) is 11.3. The van der Waals surface area contributed by atoms with E-state index in [1.807, 2.05) is 6.08 Å². The first-order valence-electron chi connectivity index (χ1n) is 6.48. The lowest BCUT2D eigenvalue weighted by molar-refractivity contribution is -0.107. The van der Waals surface area contributed by atoms with Crippen molar-refractivity contribution >= 4 is 17.6 Å². The Hall–Kier alpha value is -2.61. The van der Waals surface area contributed by atoms with Gasteiger partial charge in [-0.05, 0) is 12.1 Å². The quantitative estimate of drug-likeness (QED) is 0.776. The summed E-state index contributed by atoms with van der Waals surface area (Å²) in [5.74, 6) is -0.583. The van der Waals surface area contributed by atoms with E-state index in [0.29, 0.717) is 13.1 Å².